The maximum atomic E-state index is 8.63. The SMILES string of the molecule is N#Cc1ccc(Oc2ncc(I)cn2)cc1. The van der Waals surface area contributed by atoms with Crippen LogP contribution >= 0.6 is 22.6 Å². The predicted octanol–water partition coefficient (Wildman–Crippen LogP) is 2.75. The summed E-state index contributed by atoms with van der Waals surface area (Å²) < 4.78 is 6.35. The van der Waals surface area contributed by atoms with Crippen molar-refractivity contribution in [3.05, 3.63) is 45.8 Å². The van der Waals surface area contributed by atoms with Crippen molar-refractivity contribution in [1.82, 2.24) is 9.97 Å². The van der Waals surface area contributed by atoms with Crippen LogP contribution in [0.1, 0.15) is 5.56 Å². The summed E-state index contributed by atoms with van der Waals surface area (Å²) >= 11 is 2.12. The van der Waals surface area contributed by atoms with E-state index in [0.717, 1.165) is 3.57 Å². The van der Waals surface area contributed by atoms with Crippen LogP contribution in [0.15, 0.2) is 36.7 Å². The Kier molecular flexibility index (Phi) is 3.31. The average molecular weight is 323 g/mol. The van der Waals surface area contributed by atoms with Crippen LogP contribution in [-0.4, -0.2) is 9.97 Å². The first-order valence-electron chi connectivity index (χ1n) is 4.43. The lowest BCUT2D eigenvalue weighted by Gasteiger charge is -2.02. The molecule has 0 aliphatic carbocycles. The van der Waals surface area contributed by atoms with Gasteiger partial charge in [-0.2, -0.15) is 5.26 Å². The molecule has 0 spiro atoms. The van der Waals surface area contributed by atoms with E-state index in [-0.39, 0.29) is 0 Å². The zero-order valence-corrected chi connectivity index (χ0v) is 10.2. The molecule has 1 heterocycles. The second-order valence-electron chi connectivity index (χ2n) is 2.92. The number of rotatable bonds is 2. The van der Waals surface area contributed by atoms with Gasteiger partial charge in [0, 0.05) is 16.0 Å². The van der Waals surface area contributed by atoms with E-state index in [0.29, 0.717) is 17.3 Å². The van der Waals surface area contributed by atoms with Crippen molar-refractivity contribution < 1.29 is 4.74 Å². The molecule has 0 unspecified atom stereocenters. The lowest BCUT2D eigenvalue weighted by Crippen LogP contribution is -1.91. The van der Waals surface area contributed by atoms with Crippen LogP contribution < -0.4 is 4.74 Å². The van der Waals surface area contributed by atoms with Crippen molar-refractivity contribution in [1.29, 1.82) is 5.26 Å². The third-order valence-corrected chi connectivity index (χ3v) is 2.35. The van der Waals surface area contributed by atoms with Gasteiger partial charge in [-0.25, -0.2) is 9.97 Å². The molecule has 0 saturated carbocycles. The number of hydrogen-bond acceptors (Lipinski definition) is 4. The van der Waals surface area contributed by atoms with Crippen molar-refractivity contribution in [3.8, 4) is 17.8 Å². The van der Waals surface area contributed by atoms with Gasteiger partial charge >= 0.3 is 6.01 Å². The first-order chi connectivity index (χ1) is 7.78. The zero-order valence-electron chi connectivity index (χ0n) is 8.09. The van der Waals surface area contributed by atoms with Crippen molar-refractivity contribution in [3.63, 3.8) is 0 Å². The zero-order chi connectivity index (χ0) is 11.4. The van der Waals surface area contributed by atoms with Gasteiger partial charge in [-0.1, -0.05) is 0 Å². The summed E-state index contributed by atoms with van der Waals surface area (Å²) in [5.74, 6) is 0.611. The Hall–Kier alpha value is -1.68. The summed E-state index contributed by atoms with van der Waals surface area (Å²) in [5.41, 5.74) is 0.593. The number of nitrogens with zero attached hydrogens (tertiary/aromatic N) is 3. The van der Waals surface area contributed by atoms with Crippen LogP contribution in [-0.2, 0) is 0 Å². The molecule has 0 bridgehead atoms. The van der Waals surface area contributed by atoms with Crippen molar-refractivity contribution >= 4 is 22.6 Å². The molecule has 0 atom stereocenters. The third kappa shape index (κ3) is 2.67. The van der Waals surface area contributed by atoms with Crippen LogP contribution in [0.2, 0.25) is 0 Å². The van der Waals surface area contributed by atoms with Crippen LogP contribution in [0.3, 0.4) is 0 Å². The Morgan fingerprint density at radius 3 is 2.31 bits per heavy atom. The van der Waals surface area contributed by atoms with E-state index in [9.17, 15) is 0 Å². The minimum absolute atomic E-state index is 0.296. The molecular formula is C11H6IN3O. The number of hydrogen-bond donors (Lipinski definition) is 0. The summed E-state index contributed by atoms with van der Waals surface area (Å²) in [4.78, 5) is 8.02. The molecule has 78 valence electrons. The molecule has 1 aromatic heterocycles. The van der Waals surface area contributed by atoms with E-state index in [2.05, 4.69) is 32.6 Å². The van der Waals surface area contributed by atoms with Crippen LogP contribution in [0.25, 0.3) is 0 Å². The van der Waals surface area contributed by atoms with Gasteiger partial charge in [-0.15, -0.1) is 0 Å². The topological polar surface area (TPSA) is 58.8 Å². The maximum absolute atomic E-state index is 8.63. The normalized spacial score (nSPS) is 9.50. The van der Waals surface area contributed by atoms with E-state index in [1.807, 2.05) is 6.07 Å². The number of aromatic nitrogens is 2. The van der Waals surface area contributed by atoms with Crippen LogP contribution in [0.4, 0.5) is 0 Å². The highest BCUT2D eigenvalue weighted by atomic mass is 127. The Morgan fingerprint density at radius 1 is 1.12 bits per heavy atom. The fourth-order valence-electron chi connectivity index (χ4n) is 1.06. The van der Waals surface area contributed by atoms with Gasteiger partial charge in [0.15, 0.2) is 0 Å². The highest BCUT2D eigenvalue weighted by Gasteiger charge is 1.99. The second-order valence-corrected chi connectivity index (χ2v) is 4.17. The largest absolute Gasteiger partial charge is 0.424 e. The van der Waals surface area contributed by atoms with Gasteiger partial charge in [-0.3, -0.25) is 0 Å². The lowest BCUT2D eigenvalue weighted by atomic mass is 10.2. The molecule has 0 saturated heterocycles. The van der Waals surface area contributed by atoms with Gasteiger partial charge in [0.1, 0.15) is 5.75 Å². The smallest absolute Gasteiger partial charge is 0.321 e. The monoisotopic (exact) mass is 323 g/mol. The molecule has 5 heteroatoms. The molecule has 0 aliphatic rings. The summed E-state index contributed by atoms with van der Waals surface area (Å²) in [5, 5.41) is 8.63. The van der Waals surface area contributed by atoms with Crippen LogP contribution in [0.5, 0.6) is 11.8 Å². The molecule has 0 radical (unpaired) electrons. The molecule has 2 rings (SSSR count). The average Bonchev–Trinajstić information content (AvgIpc) is 2.33. The van der Waals surface area contributed by atoms with Gasteiger partial charge in [-0.05, 0) is 46.9 Å². The molecule has 0 aliphatic heterocycles. The highest BCUT2D eigenvalue weighted by molar-refractivity contribution is 14.1. The Morgan fingerprint density at radius 2 is 1.75 bits per heavy atom. The quantitative estimate of drug-likeness (QED) is 0.798. The molecule has 1 aromatic carbocycles. The van der Waals surface area contributed by atoms with E-state index in [1.165, 1.54) is 0 Å². The molecule has 0 amide bonds. The van der Waals surface area contributed by atoms with Crippen molar-refractivity contribution in [2.75, 3.05) is 0 Å². The Labute approximate surface area is 106 Å². The Balaban J connectivity index is 2.15. The summed E-state index contributed by atoms with van der Waals surface area (Å²) in [6.45, 7) is 0. The van der Waals surface area contributed by atoms with E-state index >= 15 is 0 Å². The number of benzene rings is 1. The van der Waals surface area contributed by atoms with Gasteiger partial charge in [0.2, 0.25) is 0 Å². The van der Waals surface area contributed by atoms with Crippen LogP contribution in [0, 0.1) is 14.9 Å². The third-order valence-electron chi connectivity index (χ3n) is 1.79. The molecule has 0 fully saturated rings. The number of nitriles is 1. The lowest BCUT2D eigenvalue weighted by molar-refractivity contribution is 0.441. The molecule has 2 aromatic rings. The molecule has 4 nitrogen and oxygen atoms in total. The number of halogens is 1. The van der Waals surface area contributed by atoms with E-state index < -0.39 is 0 Å². The fraction of sp³-hybridized carbons (Fsp3) is 0. The fourth-order valence-corrected chi connectivity index (χ4v) is 1.33. The summed E-state index contributed by atoms with van der Waals surface area (Å²) in [6, 6.07) is 9.12. The number of ether oxygens (including phenoxy) is 1. The van der Waals surface area contributed by atoms with Gasteiger partial charge in [0.25, 0.3) is 0 Å². The van der Waals surface area contributed by atoms with Gasteiger partial charge < -0.3 is 4.74 Å². The van der Waals surface area contributed by atoms with E-state index in [4.69, 9.17) is 10.00 Å². The first kappa shape index (κ1) is 10.8. The maximum Gasteiger partial charge on any atom is 0.321 e. The highest BCUT2D eigenvalue weighted by Crippen LogP contribution is 2.17. The van der Waals surface area contributed by atoms with Crippen molar-refractivity contribution in [2.24, 2.45) is 0 Å². The Bertz CT molecular complexity index is 516. The minimum atomic E-state index is 0.296. The summed E-state index contributed by atoms with van der Waals surface area (Å²) in [7, 11) is 0. The second kappa shape index (κ2) is 4.90. The molecule has 0 N–H and O–H groups in total. The van der Waals surface area contributed by atoms with Gasteiger partial charge in [0.05, 0.1) is 11.6 Å². The first-order valence-corrected chi connectivity index (χ1v) is 5.51. The predicted molar refractivity (Wildman–Crippen MR) is 66.0 cm³/mol. The molecular weight excluding hydrogens is 317 g/mol. The van der Waals surface area contributed by atoms with Crippen molar-refractivity contribution in [2.45, 2.75) is 0 Å². The minimum Gasteiger partial charge on any atom is -0.424 e. The molecule has 16 heavy (non-hydrogen) atoms. The van der Waals surface area contributed by atoms with E-state index in [1.54, 1.807) is 36.7 Å². The standard InChI is InChI=1S/C11H6IN3O/c12-9-6-14-11(15-7-9)16-10-3-1-8(5-13)2-4-10/h1-4,6-7H. The summed E-state index contributed by atoms with van der Waals surface area (Å²) in [6.07, 6.45) is 3.35.